The number of hydrogen-bond acceptors (Lipinski definition) is 1. The van der Waals surface area contributed by atoms with Gasteiger partial charge in [-0.2, -0.15) is 0 Å². The molecule has 0 aliphatic rings. The highest BCUT2D eigenvalue weighted by Gasteiger charge is 2.09. The minimum atomic E-state index is 0.00983. The maximum atomic E-state index is 10.9. The standard InChI is InChI=1S/C16H30Br2O/c1-2-3-4-5-6-7-8-9-10-11-12-13-14-15(17)16(18)19/h15H,2-14H2,1H3. The Morgan fingerprint density at radius 1 is 0.789 bits per heavy atom. The third-order valence-corrected chi connectivity index (χ3v) is 5.60. The number of halogens is 2. The monoisotopic (exact) mass is 396 g/mol. The van der Waals surface area contributed by atoms with E-state index in [0.717, 1.165) is 12.8 Å². The van der Waals surface area contributed by atoms with Gasteiger partial charge in [0.2, 0.25) is 4.69 Å². The molecule has 0 aliphatic heterocycles. The summed E-state index contributed by atoms with van der Waals surface area (Å²) in [4.78, 5) is 11.0. The first-order valence-electron chi connectivity index (χ1n) is 8.02. The van der Waals surface area contributed by atoms with Crippen molar-refractivity contribution in [3.05, 3.63) is 0 Å². The van der Waals surface area contributed by atoms with Gasteiger partial charge in [-0.25, -0.2) is 0 Å². The van der Waals surface area contributed by atoms with Crippen molar-refractivity contribution in [3.8, 4) is 0 Å². The molecule has 0 fully saturated rings. The quantitative estimate of drug-likeness (QED) is 0.179. The zero-order valence-corrected chi connectivity index (χ0v) is 15.6. The summed E-state index contributed by atoms with van der Waals surface area (Å²) in [5, 5.41) is 0. The lowest BCUT2D eigenvalue weighted by Crippen LogP contribution is -2.05. The average Bonchev–Trinajstić information content (AvgIpc) is 2.39. The molecule has 0 amide bonds. The molecule has 0 aromatic carbocycles. The van der Waals surface area contributed by atoms with Crippen LogP contribution in [-0.2, 0) is 4.79 Å². The molecule has 19 heavy (non-hydrogen) atoms. The smallest absolute Gasteiger partial charge is 0.211 e. The van der Waals surface area contributed by atoms with E-state index in [0.29, 0.717) is 0 Å². The van der Waals surface area contributed by atoms with Crippen molar-refractivity contribution in [2.45, 2.75) is 95.2 Å². The summed E-state index contributed by atoms with van der Waals surface area (Å²) >= 11 is 6.36. The van der Waals surface area contributed by atoms with E-state index in [1.165, 1.54) is 70.6 Å². The number of alkyl halides is 1. The normalized spacial score (nSPS) is 12.6. The number of carbonyl (C=O) groups is 1. The number of carbonyl (C=O) groups excluding carboxylic acids is 1. The van der Waals surface area contributed by atoms with Crippen molar-refractivity contribution in [2.24, 2.45) is 0 Å². The molecule has 0 bridgehead atoms. The van der Waals surface area contributed by atoms with Crippen LogP contribution in [0.5, 0.6) is 0 Å². The van der Waals surface area contributed by atoms with Crippen LogP contribution in [0.4, 0.5) is 0 Å². The van der Waals surface area contributed by atoms with Crippen LogP contribution in [0.15, 0.2) is 0 Å². The fraction of sp³-hybridized carbons (Fsp3) is 0.938. The van der Waals surface area contributed by atoms with Gasteiger partial charge in [0.15, 0.2) is 0 Å². The molecule has 1 atom stereocenters. The lowest BCUT2D eigenvalue weighted by molar-refractivity contribution is -0.109. The maximum absolute atomic E-state index is 10.9. The second-order valence-corrected chi connectivity index (χ2v) is 7.34. The molecule has 114 valence electrons. The molecule has 0 aromatic rings. The van der Waals surface area contributed by atoms with Crippen LogP contribution >= 0.6 is 31.9 Å². The molecule has 0 N–H and O–H groups in total. The van der Waals surface area contributed by atoms with Crippen LogP contribution in [0.3, 0.4) is 0 Å². The minimum absolute atomic E-state index is 0.00983. The highest BCUT2D eigenvalue weighted by molar-refractivity contribution is 9.20. The van der Waals surface area contributed by atoms with Gasteiger partial charge in [-0.15, -0.1) is 0 Å². The molecule has 0 aliphatic carbocycles. The second kappa shape index (κ2) is 15.0. The molecule has 0 saturated heterocycles. The number of unbranched alkanes of at least 4 members (excludes halogenated alkanes) is 11. The van der Waals surface area contributed by atoms with Gasteiger partial charge < -0.3 is 0 Å². The topological polar surface area (TPSA) is 17.1 Å². The molecule has 0 heterocycles. The molecular weight excluding hydrogens is 368 g/mol. The fourth-order valence-electron chi connectivity index (χ4n) is 2.28. The van der Waals surface area contributed by atoms with Crippen LogP contribution in [0.2, 0.25) is 0 Å². The van der Waals surface area contributed by atoms with Gasteiger partial charge in [-0.3, -0.25) is 4.79 Å². The lowest BCUT2D eigenvalue weighted by Gasteiger charge is -2.05. The van der Waals surface area contributed by atoms with E-state index in [9.17, 15) is 4.79 Å². The summed E-state index contributed by atoms with van der Waals surface area (Å²) in [7, 11) is 0. The van der Waals surface area contributed by atoms with Crippen molar-refractivity contribution in [1.82, 2.24) is 0 Å². The Balaban J connectivity index is 3.05. The Morgan fingerprint density at radius 3 is 1.53 bits per heavy atom. The van der Waals surface area contributed by atoms with E-state index in [-0.39, 0.29) is 9.52 Å². The Labute approximate surface area is 136 Å². The minimum Gasteiger partial charge on any atom is -0.285 e. The van der Waals surface area contributed by atoms with Crippen molar-refractivity contribution >= 4 is 36.6 Å². The average molecular weight is 398 g/mol. The van der Waals surface area contributed by atoms with Gasteiger partial charge in [0.25, 0.3) is 0 Å². The highest BCUT2D eigenvalue weighted by Crippen LogP contribution is 2.16. The summed E-state index contributed by atoms with van der Waals surface area (Å²) < 4.78 is 0.0792. The van der Waals surface area contributed by atoms with Crippen molar-refractivity contribution in [3.63, 3.8) is 0 Å². The van der Waals surface area contributed by atoms with Gasteiger partial charge in [0.05, 0.1) is 4.83 Å². The first-order chi connectivity index (χ1) is 9.18. The summed E-state index contributed by atoms with van der Waals surface area (Å²) in [6.07, 6.45) is 17.3. The van der Waals surface area contributed by atoms with Crippen LogP contribution in [0, 0.1) is 0 Å². The van der Waals surface area contributed by atoms with Gasteiger partial charge >= 0.3 is 0 Å². The molecule has 0 saturated carbocycles. The summed E-state index contributed by atoms with van der Waals surface area (Å²) in [5.41, 5.74) is 0. The number of rotatable bonds is 14. The van der Waals surface area contributed by atoms with E-state index in [4.69, 9.17) is 0 Å². The first kappa shape index (κ1) is 19.6. The summed E-state index contributed by atoms with van der Waals surface area (Å²) in [6.45, 7) is 2.27. The molecule has 0 radical (unpaired) electrons. The molecule has 0 spiro atoms. The number of hydrogen-bond donors (Lipinski definition) is 0. The van der Waals surface area contributed by atoms with Crippen molar-refractivity contribution in [1.29, 1.82) is 0 Å². The van der Waals surface area contributed by atoms with E-state index in [1.54, 1.807) is 0 Å². The fourth-order valence-corrected chi connectivity index (χ4v) is 2.83. The SMILES string of the molecule is CCCCCCCCCCCCCCC(Br)C(=O)Br. The van der Waals surface area contributed by atoms with E-state index < -0.39 is 0 Å². The molecule has 3 heteroatoms. The van der Waals surface area contributed by atoms with Crippen LogP contribution < -0.4 is 0 Å². The predicted octanol–water partition coefficient (Wildman–Crippen LogP) is 6.76. The zero-order chi connectivity index (χ0) is 14.3. The highest BCUT2D eigenvalue weighted by atomic mass is 79.9. The van der Waals surface area contributed by atoms with Crippen LogP contribution in [-0.4, -0.2) is 9.52 Å². The van der Waals surface area contributed by atoms with Crippen LogP contribution in [0.25, 0.3) is 0 Å². The molecule has 0 rings (SSSR count). The molecular formula is C16H30Br2O. The Morgan fingerprint density at radius 2 is 1.16 bits per heavy atom. The molecule has 0 aromatic heterocycles. The molecule has 1 nitrogen and oxygen atoms in total. The van der Waals surface area contributed by atoms with Gasteiger partial charge in [-0.05, 0) is 22.4 Å². The zero-order valence-electron chi connectivity index (χ0n) is 12.4. The van der Waals surface area contributed by atoms with E-state index in [2.05, 4.69) is 38.8 Å². The summed E-state index contributed by atoms with van der Waals surface area (Å²) in [6, 6.07) is 0. The Hall–Kier alpha value is 0.630. The van der Waals surface area contributed by atoms with Crippen molar-refractivity contribution in [2.75, 3.05) is 0 Å². The first-order valence-corrected chi connectivity index (χ1v) is 9.72. The third-order valence-electron chi connectivity index (χ3n) is 3.56. The predicted molar refractivity (Wildman–Crippen MR) is 92.3 cm³/mol. The lowest BCUT2D eigenvalue weighted by atomic mass is 10.0. The van der Waals surface area contributed by atoms with Crippen LogP contribution in [0.1, 0.15) is 90.4 Å². The van der Waals surface area contributed by atoms with Gasteiger partial charge in [-0.1, -0.05) is 99.9 Å². The third kappa shape index (κ3) is 14.8. The van der Waals surface area contributed by atoms with Crippen molar-refractivity contribution < 1.29 is 4.79 Å². The molecule has 1 unspecified atom stereocenters. The van der Waals surface area contributed by atoms with Gasteiger partial charge in [0, 0.05) is 0 Å². The summed E-state index contributed by atoms with van der Waals surface area (Å²) in [5.74, 6) is 0. The largest absolute Gasteiger partial charge is 0.285 e. The maximum Gasteiger partial charge on any atom is 0.211 e. The Kier molecular flexibility index (Phi) is 15.5. The van der Waals surface area contributed by atoms with Gasteiger partial charge in [0.1, 0.15) is 0 Å². The van der Waals surface area contributed by atoms with E-state index in [1.807, 2.05) is 0 Å². The Bertz CT molecular complexity index is 207. The second-order valence-electron chi connectivity index (χ2n) is 5.45. The van der Waals surface area contributed by atoms with E-state index >= 15 is 0 Å².